The summed E-state index contributed by atoms with van der Waals surface area (Å²) in [6.45, 7) is 7.43. The van der Waals surface area contributed by atoms with Crippen LogP contribution in [-0.2, 0) is 23.8 Å². The van der Waals surface area contributed by atoms with Crippen LogP contribution < -0.4 is 0 Å². The van der Waals surface area contributed by atoms with Crippen molar-refractivity contribution in [1.82, 2.24) is 0 Å². The summed E-state index contributed by atoms with van der Waals surface area (Å²) < 4.78 is 17.6. The van der Waals surface area contributed by atoms with Crippen molar-refractivity contribution in [2.75, 3.05) is 0 Å². The van der Waals surface area contributed by atoms with Gasteiger partial charge >= 0.3 is 11.9 Å². The van der Waals surface area contributed by atoms with Gasteiger partial charge in [0.1, 0.15) is 6.10 Å². The van der Waals surface area contributed by atoms with Gasteiger partial charge in [-0.3, -0.25) is 9.59 Å². The van der Waals surface area contributed by atoms with Crippen LogP contribution in [0, 0.1) is 11.8 Å². The van der Waals surface area contributed by atoms with Crippen molar-refractivity contribution >= 4 is 11.9 Å². The van der Waals surface area contributed by atoms with E-state index in [-0.39, 0.29) is 48.5 Å². The third kappa shape index (κ3) is 6.93. The van der Waals surface area contributed by atoms with Gasteiger partial charge in [0.2, 0.25) is 0 Å². The molecule has 2 aliphatic rings. The van der Waals surface area contributed by atoms with Crippen LogP contribution >= 0.6 is 0 Å². The molecule has 0 radical (unpaired) electrons. The smallest absolute Gasteiger partial charge is 0.311 e. The van der Waals surface area contributed by atoms with Crippen molar-refractivity contribution in [3.63, 3.8) is 0 Å². The summed E-state index contributed by atoms with van der Waals surface area (Å²) in [5.74, 6) is -1.98. The SMILES string of the molecule is CC[C@H](O)C[C@H]1CC[C@H]([C@@H](C)C(=O)O[C@@H](CC)C[C@@H]2CC[C@H]([C@@H](C)C(=O)O)O2)O1. The molecule has 0 amide bonds. The summed E-state index contributed by atoms with van der Waals surface area (Å²) in [5, 5.41) is 19.0. The molecule has 0 aromatic carbocycles. The van der Waals surface area contributed by atoms with Crippen LogP contribution in [0.4, 0.5) is 0 Å². The van der Waals surface area contributed by atoms with E-state index in [4.69, 9.17) is 19.3 Å². The van der Waals surface area contributed by atoms with E-state index >= 15 is 0 Å². The first-order valence-electron chi connectivity index (χ1n) is 11.2. The quantitative estimate of drug-likeness (QED) is 0.500. The number of hydrogen-bond acceptors (Lipinski definition) is 6. The largest absolute Gasteiger partial charge is 0.481 e. The zero-order valence-corrected chi connectivity index (χ0v) is 18.2. The van der Waals surface area contributed by atoms with E-state index in [9.17, 15) is 14.7 Å². The van der Waals surface area contributed by atoms with Gasteiger partial charge in [-0.15, -0.1) is 0 Å². The maximum absolute atomic E-state index is 12.6. The second-order valence-corrected chi connectivity index (χ2v) is 8.66. The number of aliphatic hydroxyl groups excluding tert-OH is 1. The highest BCUT2D eigenvalue weighted by Gasteiger charge is 2.37. The Balaban J connectivity index is 1.78. The number of aliphatic carboxylic acids is 1. The van der Waals surface area contributed by atoms with Gasteiger partial charge in [-0.05, 0) is 58.8 Å². The summed E-state index contributed by atoms with van der Waals surface area (Å²) in [4.78, 5) is 23.8. The number of ether oxygens (including phenoxy) is 3. The minimum absolute atomic E-state index is 0.00668. The zero-order chi connectivity index (χ0) is 21.6. The Kier molecular flexibility index (Phi) is 9.37. The number of hydrogen-bond donors (Lipinski definition) is 2. The van der Waals surface area contributed by atoms with Crippen LogP contribution in [0.15, 0.2) is 0 Å². The van der Waals surface area contributed by atoms with Gasteiger partial charge in [-0.25, -0.2) is 0 Å². The molecule has 29 heavy (non-hydrogen) atoms. The Labute approximate surface area is 174 Å². The van der Waals surface area contributed by atoms with Gasteiger partial charge in [0.05, 0.1) is 42.4 Å². The molecule has 0 bridgehead atoms. The molecule has 2 N–H and O–H groups in total. The van der Waals surface area contributed by atoms with E-state index in [1.807, 2.05) is 20.8 Å². The number of rotatable bonds is 11. The van der Waals surface area contributed by atoms with Gasteiger partial charge in [-0.2, -0.15) is 0 Å². The molecule has 8 atom stereocenters. The molecular formula is C22H38O7. The molecule has 2 saturated heterocycles. The molecule has 7 heteroatoms. The van der Waals surface area contributed by atoms with Crippen molar-refractivity contribution in [2.24, 2.45) is 11.8 Å². The maximum Gasteiger partial charge on any atom is 0.311 e. The molecule has 2 rings (SSSR count). The van der Waals surface area contributed by atoms with Crippen LogP contribution in [0.25, 0.3) is 0 Å². The lowest BCUT2D eigenvalue weighted by Crippen LogP contribution is -2.33. The van der Waals surface area contributed by atoms with E-state index in [1.165, 1.54) is 0 Å². The molecule has 168 valence electrons. The highest BCUT2D eigenvalue weighted by molar-refractivity contribution is 5.73. The van der Waals surface area contributed by atoms with Crippen LogP contribution in [0.3, 0.4) is 0 Å². The average Bonchev–Trinajstić information content (AvgIpc) is 3.35. The molecular weight excluding hydrogens is 376 g/mol. The van der Waals surface area contributed by atoms with Gasteiger partial charge in [0.15, 0.2) is 0 Å². The molecule has 0 spiro atoms. The number of carboxylic acids is 1. The number of carbonyl (C=O) groups excluding carboxylic acids is 1. The average molecular weight is 415 g/mol. The highest BCUT2D eigenvalue weighted by Crippen LogP contribution is 2.31. The molecule has 0 unspecified atom stereocenters. The van der Waals surface area contributed by atoms with E-state index < -0.39 is 11.9 Å². The first-order valence-corrected chi connectivity index (χ1v) is 11.2. The molecule has 2 fully saturated rings. The standard InChI is InChI=1S/C22H38O7/c1-5-15(23)11-17-7-10-20(27-17)14(4)22(26)29-16(6-2)12-18-8-9-19(28-18)13(3)21(24)25/h13-20,23H,5-12H2,1-4H3,(H,24,25)/t13-,14-,15+,16+,17-,18+,19-,20-/m1/s1. The lowest BCUT2D eigenvalue weighted by Gasteiger charge is -2.25. The monoisotopic (exact) mass is 414 g/mol. The third-order valence-electron chi connectivity index (χ3n) is 6.43. The molecule has 7 nitrogen and oxygen atoms in total. The van der Waals surface area contributed by atoms with Crippen LogP contribution in [0.1, 0.15) is 79.1 Å². The van der Waals surface area contributed by atoms with Gasteiger partial charge in [0.25, 0.3) is 0 Å². The minimum atomic E-state index is -0.843. The van der Waals surface area contributed by atoms with Crippen LogP contribution in [0.5, 0.6) is 0 Å². The second kappa shape index (κ2) is 11.3. The van der Waals surface area contributed by atoms with E-state index in [2.05, 4.69) is 0 Å². The molecule has 0 aliphatic carbocycles. The van der Waals surface area contributed by atoms with Crippen LogP contribution in [0.2, 0.25) is 0 Å². The number of aliphatic hydroxyl groups is 1. The third-order valence-corrected chi connectivity index (χ3v) is 6.43. The Morgan fingerprint density at radius 3 is 2.00 bits per heavy atom. The van der Waals surface area contributed by atoms with Crippen molar-refractivity contribution in [1.29, 1.82) is 0 Å². The van der Waals surface area contributed by atoms with Gasteiger partial charge in [-0.1, -0.05) is 13.8 Å². The Morgan fingerprint density at radius 2 is 1.48 bits per heavy atom. The molecule has 0 aromatic heterocycles. The van der Waals surface area contributed by atoms with E-state index in [0.29, 0.717) is 25.7 Å². The first-order chi connectivity index (χ1) is 13.7. The second-order valence-electron chi connectivity index (χ2n) is 8.66. The molecule has 0 aromatic rings. The summed E-state index contributed by atoms with van der Waals surface area (Å²) in [6, 6.07) is 0. The minimum Gasteiger partial charge on any atom is -0.481 e. The lowest BCUT2D eigenvalue weighted by atomic mass is 10.00. The Morgan fingerprint density at radius 1 is 0.931 bits per heavy atom. The van der Waals surface area contributed by atoms with E-state index in [0.717, 1.165) is 25.7 Å². The fourth-order valence-electron chi connectivity index (χ4n) is 4.19. The van der Waals surface area contributed by atoms with Crippen molar-refractivity contribution in [3.05, 3.63) is 0 Å². The van der Waals surface area contributed by atoms with E-state index in [1.54, 1.807) is 6.92 Å². The molecule has 2 heterocycles. The Hall–Kier alpha value is -1.18. The van der Waals surface area contributed by atoms with Gasteiger partial charge in [0, 0.05) is 6.42 Å². The predicted molar refractivity (Wildman–Crippen MR) is 107 cm³/mol. The van der Waals surface area contributed by atoms with Crippen LogP contribution in [-0.4, -0.2) is 58.8 Å². The van der Waals surface area contributed by atoms with Crippen molar-refractivity contribution in [2.45, 2.75) is 116 Å². The predicted octanol–water partition coefficient (Wildman–Crippen LogP) is 3.31. The van der Waals surface area contributed by atoms with Crippen molar-refractivity contribution in [3.8, 4) is 0 Å². The molecule has 0 saturated carbocycles. The first kappa shape index (κ1) is 24.1. The topological polar surface area (TPSA) is 102 Å². The summed E-state index contributed by atoms with van der Waals surface area (Å²) in [5.41, 5.74) is 0. The maximum atomic E-state index is 12.6. The summed E-state index contributed by atoms with van der Waals surface area (Å²) >= 11 is 0. The van der Waals surface area contributed by atoms with Crippen molar-refractivity contribution < 1.29 is 34.0 Å². The number of carbonyl (C=O) groups is 2. The number of esters is 1. The zero-order valence-electron chi connectivity index (χ0n) is 18.2. The van der Waals surface area contributed by atoms with Gasteiger partial charge < -0.3 is 24.4 Å². The molecule has 2 aliphatic heterocycles. The summed E-state index contributed by atoms with van der Waals surface area (Å²) in [6.07, 6.45) is 4.66. The fourth-order valence-corrected chi connectivity index (χ4v) is 4.19. The normalized spacial score (nSPS) is 31.2. The summed E-state index contributed by atoms with van der Waals surface area (Å²) in [7, 11) is 0. The lowest BCUT2D eigenvalue weighted by molar-refractivity contribution is -0.160. The number of carboxylic acid groups (broad SMARTS) is 1. The Bertz CT molecular complexity index is 537. The highest BCUT2D eigenvalue weighted by atomic mass is 16.6. The fraction of sp³-hybridized carbons (Fsp3) is 0.909.